The Kier molecular flexibility index (Phi) is 13.3. The Labute approximate surface area is 237 Å². The number of fused-ring (bicyclic) bond motifs is 1. The molecule has 2 aliphatic heterocycles. The number of amides is 3. The van der Waals surface area contributed by atoms with E-state index in [9.17, 15) is 14.4 Å². The van der Waals surface area contributed by atoms with Crippen LogP contribution in [-0.2, 0) is 30.3 Å². The fraction of sp³-hybridized carbons (Fsp3) is 0.633. The summed E-state index contributed by atoms with van der Waals surface area (Å²) in [5.74, 6) is -0.0984. The Morgan fingerprint density at radius 2 is 1.80 bits per heavy atom. The largest absolute Gasteiger partial charge is 0.497 e. The van der Waals surface area contributed by atoms with Crippen LogP contribution in [0, 0.1) is 0 Å². The summed E-state index contributed by atoms with van der Waals surface area (Å²) in [5.41, 5.74) is 0.971. The number of urea groups is 1. The molecule has 3 atom stereocenters. The minimum Gasteiger partial charge on any atom is -0.497 e. The average molecular weight is 560 g/mol. The van der Waals surface area contributed by atoms with Crippen molar-refractivity contribution in [3.8, 4) is 5.75 Å². The third kappa shape index (κ3) is 9.52. The maximum Gasteiger partial charge on any atom is 0.328 e. The predicted molar refractivity (Wildman–Crippen MR) is 151 cm³/mol. The normalized spacial score (nSPS) is 23.0. The van der Waals surface area contributed by atoms with Gasteiger partial charge in [-0.3, -0.25) is 4.79 Å². The maximum atomic E-state index is 14.0. The quantitative estimate of drug-likeness (QED) is 0.211. The van der Waals surface area contributed by atoms with Crippen molar-refractivity contribution in [3.05, 3.63) is 42.0 Å². The van der Waals surface area contributed by atoms with E-state index in [2.05, 4.69) is 17.5 Å². The highest BCUT2D eigenvalue weighted by atomic mass is 16.7. The van der Waals surface area contributed by atoms with Gasteiger partial charge in [-0.25, -0.2) is 9.59 Å². The fourth-order valence-electron chi connectivity index (χ4n) is 4.98. The predicted octanol–water partition coefficient (Wildman–Crippen LogP) is 4.03. The molecule has 0 aliphatic carbocycles. The van der Waals surface area contributed by atoms with E-state index >= 15 is 0 Å². The van der Waals surface area contributed by atoms with E-state index in [4.69, 9.17) is 18.9 Å². The molecule has 3 unspecified atom stereocenters. The van der Waals surface area contributed by atoms with E-state index < -0.39 is 18.1 Å². The smallest absolute Gasteiger partial charge is 0.328 e. The molecule has 1 saturated heterocycles. The van der Waals surface area contributed by atoms with Crippen LogP contribution in [0.1, 0.15) is 64.4 Å². The summed E-state index contributed by atoms with van der Waals surface area (Å²) in [6.45, 7) is 5.67. The van der Waals surface area contributed by atoms with Crippen LogP contribution >= 0.6 is 0 Å². The lowest BCUT2D eigenvalue weighted by Gasteiger charge is -2.32. The molecule has 0 aromatic heterocycles. The van der Waals surface area contributed by atoms with E-state index in [0.29, 0.717) is 39.0 Å². The van der Waals surface area contributed by atoms with Crippen LogP contribution in [0.4, 0.5) is 4.79 Å². The van der Waals surface area contributed by atoms with Gasteiger partial charge in [0.2, 0.25) is 5.91 Å². The van der Waals surface area contributed by atoms with Crippen molar-refractivity contribution in [2.45, 2.75) is 83.5 Å². The summed E-state index contributed by atoms with van der Waals surface area (Å²) in [7, 11) is 1.62. The van der Waals surface area contributed by atoms with Crippen molar-refractivity contribution in [1.82, 2.24) is 15.1 Å². The maximum absolute atomic E-state index is 14.0. The molecule has 0 radical (unpaired) electrons. The highest BCUT2D eigenvalue weighted by Crippen LogP contribution is 2.25. The Morgan fingerprint density at radius 3 is 2.52 bits per heavy atom. The second kappa shape index (κ2) is 16.9. The molecule has 10 heteroatoms. The minimum absolute atomic E-state index is 0.0882. The molecule has 1 aromatic rings. The first kappa shape index (κ1) is 31.4. The first-order valence-electron chi connectivity index (χ1n) is 14.5. The Hall–Kier alpha value is -3.11. The molecule has 2 heterocycles. The molecule has 0 bridgehead atoms. The van der Waals surface area contributed by atoms with Gasteiger partial charge >= 0.3 is 12.0 Å². The lowest BCUT2D eigenvalue weighted by Crippen LogP contribution is -2.53. The zero-order chi connectivity index (χ0) is 28.7. The van der Waals surface area contributed by atoms with Gasteiger partial charge in [-0.05, 0) is 63.6 Å². The van der Waals surface area contributed by atoms with Gasteiger partial charge in [-0.1, -0.05) is 30.7 Å². The number of ether oxygens (including phenoxy) is 4. The molecule has 0 spiro atoms. The molecule has 0 saturated carbocycles. The third-order valence-electron chi connectivity index (χ3n) is 7.18. The number of nitrogens with zero attached hydrogens (tertiary/aromatic N) is 2. The molecule has 1 aromatic carbocycles. The molecule has 3 amide bonds. The van der Waals surface area contributed by atoms with Crippen molar-refractivity contribution < 1.29 is 33.3 Å². The van der Waals surface area contributed by atoms with Crippen molar-refractivity contribution in [2.75, 3.05) is 40.2 Å². The third-order valence-corrected chi connectivity index (χ3v) is 7.18. The molecule has 2 aliphatic rings. The first-order chi connectivity index (χ1) is 19.5. The van der Waals surface area contributed by atoms with Gasteiger partial charge in [-0.15, -0.1) is 0 Å². The molecule has 40 heavy (non-hydrogen) atoms. The zero-order valence-corrected chi connectivity index (χ0v) is 24.1. The number of benzene rings is 1. The van der Waals surface area contributed by atoms with Crippen molar-refractivity contribution in [1.29, 1.82) is 0 Å². The number of carbonyl (C=O) groups is 3. The van der Waals surface area contributed by atoms with Crippen molar-refractivity contribution in [2.24, 2.45) is 0 Å². The SMILES string of the molecule is CCOCOC1CC2C(=O)NC(C(=O)OCC)CCC=CCCCCCN(Cc3ccc(OC)cc3)C(=O)N2C1. The lowest BCUT2D eigenvalue weighted by atomic mass is 10.1. The lowest BCUT2D eigenvalue weighted by molar-refractivity contribution is -0.148. The van der Waals surface area contributed by atoms with Gasteiger partial charge in [0.25, 0.3) is 0 Å². The van der Waals surface area contributed by atoms with E-state index in [1.54, 1.807) is 23.8 Å². The zero-order valence-electron chi connectivity index (χ0n) is 24.1. The van der Waals surface area contributed by atoms with Crippen LogP contribution in [0.15, 0.2) is 36.4 Å². The molecule has 222 valence electrons. The Balaban J connectivity index is 1.86. The summed E-state index contributed by atoms with van der Waals surface area (Å²) < 4.78 is 21.7. The monoisotopic (exact) mass is 559 g/mol. The number of esters is 1. The molecular formula is C30H45N3O7. The number of allylic oxidation sites excluding steroid dienone is 2. The molecule has 1 fully saturated rings. The molecular weight excluding hydrogens is 514 g/mol. The van der Waals surface area contributed by atoms with Crippen LogP contribution in [-0.4, -0.2) is 86.1 Å². The number of methoxy groups -OCH3 is 1. The van der Waals surface area contributed by atoms with Crippen LogP contribution in [0.5, 0.6) is 5.75 Å². The van der Waals surface area contributed by atoms with Crippen LogP contribution in [0.3, 0.4) is 0 Å². The molecule has 10 nitrogen and oxygen atoms in total. The highest BCUT2D eigenvalue weighted by Gasteiger charge is 2.42. The van der Waals surface area contributed by atoms with Gasteiger partial charge in [0.05, 0.1) is 19.8 Å². The summed E-state index contributed by atoms with van der Waals surface area (Å²) in [4.78, 5) is 43.7. The Morgan fingerprint density at radius 1 is 1.02 bits per heavy atom. The van der Waals surface area contributed by atoms with Gasteiger partial charge in [0.15, 0.2) is 0 Å². The first-order valence-corrected chi connectivity index (χ1v) is 14.5. The van der Waals surface area contributed by atoms with E-state index in [1.165, 1.54) is 0 Å². The minimum atomic E-state index is -0.791. The number of carbonyl (C=O) groups excluding carboxylic acids is 3. The topological polar surface area (TPSA) is 107 Å². The standard InChI is InChI=1S/C30H45N3O7/c1-4-38-22-40-25-19-27-28(34)31-26(29(35)39-5-2)13-11-9-7-6-8-10-12-18-32(30(36)33(27)21-25)20-23-14-16-24(37-3)17-15-23/h7,9,14-17,25-27H,4-6,8,10-13,18-22H2,1-3H3,(H,31,34). The summed E-state index contributed by atoms with van der Waals surface area (Å²) >= 11 is 0. The Bertz CT molecular complexity index is 969. The number of rotatable bonds is 9. The van der Waals surface area contributed by atoms with Crippen LogP contribution in [0.25, 0.3) is 0 Å². The van der Waals surface area contributed by atoms with E-state index in [-0.39, 0.29) is 38.0 Å². The van der Waals surface area contributed by atoms with Gasteiger partial charge in [0.1, 0.15) is 24.6 Å². The van der Waals surface area contributed by atoms with E-state index in [0.717, 1.165) is 37.0 Å². The van der Waals surface area contributed by atoms with Crippen LogP contribution in [0.2, 0.25) is 0 Å². The molecule has 3 rings (SSSR count). The van der Waals surface area contributed by atoms with Gasteiger partial charge in [0, 0.05) is 32.7 Å². The van der Waals surface area contributed by atoms with Gasteiger partial charge < -0.3 is 34.1 Å². The van der Waals surface area contributed by atoms with Gasteiger partial charge in [-0.2, -0.15) is 0 Å². The summed E-state index contributed by atoms with van der Waals surface area (Å²) in [6, 6.07) is 5.85. The fourth-order valence-corrected chi connectivity index (χ4v) is 4.98. The molecule has 1 N–H and O–H groups in total. The average Bonchev–Trinajstić information content (AvgIpc) is 3.39. The highest BCUT2D eigenvalue weighted by molar-refractivity contribution is 5.91. The second-order valence-corrected chi connectivity index (χ2v) is 10.1. The number of hydrogen-bond donors (Lipinski definition) is 1. The second-order valence-electron chi connectivity index (χ2n) is 10.1. The van der Waals surface area contributed by atoms with Crippen molar-refractivity contribution >= 4 is 17.9 Å². The van der Waals surface area contributed by atoms with Crippen LogP contribution < -0.4 is 10.1 Å². The number of nitrogens with one attached hydrogen (secondary N) is 1. The van der Waals surface area contributed by atoms with Crippen molar-refractivity contribution in [3.63, 3.8) is 0 Å². The number of hydrogen-bond acceptors (Lipinski definition) is 7. The van der Waals surface area contributed by atoms with E-state index in [1.807, 2.05) is 31.2 Å². The summed E-state index contributed by atoms with van der Waals surface area (Å²) in [6.07, 6.45) is 8.98. The summed E-state index contributed by atoms with van der Waals surface area (Å²) in [5, 5.41) is 2.88.